The van der Waals surface area contributed by atoms with Crippen molar-refractivity contribution >= 4 is 28.7 Å². The highest BCUT2D eigenvalue weighted by Gasteiger charge is 2.23. The highest BCUT2D eigenvalue weighted by molar-refractivity contribution is 5.95. The number of hydrogen-bond acceptors (Lipinski definition) is 7. The first-order valence-electron chi connectivity index (χ1n) is 13.1. The van der Waals surface area contributed by atoms with E-state index in [4.69, 9.17) is 9.47 Å². The van der Waals surface area contributed by atoms with Gasteiger partial charge in [-0.2, -0.15) is 0 Å². The third kappa shape index (κ3) is 7.28. The predicted octanol–water partition coefficient (Wildman–Crippen LogP) is 6.24. The molecule has 0 radical (unpaired) electrons. The fourth-order valence-electron chi connectivity index (χ4n) is 4.63. The smallest absolute Gasteiger partial charge is 0.419 e. The van der Waals surface area contributed by atoms with Crippen LogP contribution in [0.2, 0.25) is 0 Å². The predicted molar refractivity (Wildman–Crippen MR) is 151 cm³/mol. The zero-order chi connectivity index (χ0) is 27.9. The molecule has 0 saturated carbocycles. The lowest BCUT2D eigenvalue weighted by molar-refractivity contribution is 0.0542. The number of likely N-dealkylation sites (tertiary alicyclic amines) is 1. The fraction of sp³-hybridized carbons (Fsp3) is 0.467. The SMILES string of the molecule is CNc1cccc(C(=O)OC)c1.COc1cc(C)c2c(ccn2C(=O)OC(C)(C)C)c1CN1CCCCC1. The number of carbonyl (C=O) groups is 2. The number of carbonyl (C=O) groups excluding carboxylic acids is 2. The Morgan fingerprint density at radius 1 is 1.03 bits per heavy atom. The van der Waals surface area contributed by atoms with Gasteiger partial charge in [-0.1, -0.05) is 12.5 Å². The molecule has 1 fully saturated rings. The van der Waals surface area contributed by atoms with Crippen LogP contribution in [0.25, 0.3) is 10.9 Å². The Bertz CT molecular complexity index is 1250. The number of esters is 1. The van der Waals surface area contributed by atoms with Gasteiger partial charge in [-0.15, -0.1) is 0 Å². The summed E-state index contributed by atoms with van der Waals surface area (Å²) in [6.07, 6.45) is 5.27. The first-order chi connectivity index (χ1) is 18.1. The Morgan fingerprint density at radius 3 is 2.34 bits per heavy atom. The van der Waals surface area contributed by atoms with E-state index < -0.39 is 5.60 Å². The molecule has 0 amide bonds. The van der Waals surface area contributed by atoms with Crippen LogP contribution in [0.3, 0.4) is 0 Å². The molecule has 1 aliphatic heterocycles. The molecular formula is C30H41N3O5. The van der Waals surface area contributed by atoms with E-state index in [-0.39, 0.29) is 12.1 Å². The standard InChI is InChI=1S/C21H30N2O3.C9H11NO2/c1-15-13-18(25-5)17(14-22-10-7-6-8-11-22)16-9-12-23(19(15)16)20(24)26-21(2,3)4;1-10-8-5-3-4-7(6-8)9(11)12-2/h9,12-13H,6-8,10-11,14H2,1-5H3;3-6,10H,1-2H3. The number of aryl methyl sites for hydroxylation is 1. The Hall–Kier alpha value is -3.52. The third-order valence-corrected chi connectivity index (χ3v) is 6.44. The van der Waals surface area contributed by atoms with E-state index in [2.05, 4.69) is 15.0 Å². The summed E-state index contributed by atoms with van der Waals surface area (Å²) >= 11 is 0. The van der Waals surface area contributed by atoms with Crippen LogP contribution >= 0.6 is 0 Å². The van der Waals surface area contributed by atoms with Gasteiger partial charge in [0.15, 0.2) is 0 Å². The first-order valence-corrected chi connectivity index (χ1v) is 13.1. The first kappa shape index (κ1) is 29.0. The molecule has 0 bridgehead atoms. The summed E-state index contributed by atoms with van der Waals surface area (Å²) in [5.41, 5.74) is 4.01. The van der Waals surface area contributed by atoms with E-state index in [0.717, 1.165) is 53.1 Å². The maximum absolute atomic E-state index is 12.6. The minimum absolute atomic E-state index is 0.313. The van der Waals surface area contributed by atoms with Crippen LogP contribution in [0.15, 0.2) is 42.6 Å². The van der Waals surface area contributed by atoms with Crippen molar-refractivity contribution in [3.05, 3.63) is 59.3 Å². The maximum atomic E-state index is 12.6. The molecule has 1 N–H and O–H groups in total. The van der Waals surface area contributed by atoms with Crippen molar-refractivity contribution in [2.75, 3.05) is 39.7 Å². The monoisotopic (exact) mass is 523 g/mol. The second-order valence-electron chi connectivity index (χ2n) is 10.5. The molecule has 0 unspecified atom stereocenters. The van der Waals surface area contributed by atoms with Crippen molar-refractivity contribution in [1.82, 2.24) is 9.47 Å². The number of anilines is 1. The zero-order valence-corrected chi connectivity index (χ0v) is 23.7. The fourth-order valence-corrected chi connectivity index (χ4v) is 4.63. The summed E-state index contributed by atoms with van der Waals surface area (Å²) in [6, 6.07) is 11.2. The number of piperidine rings is 1. The summed E-state index contributed by atoms with van der Waals surface area (Å²) < 4.78 is 17.4. The number of fused-ring (bicyclic) bond motifs is 1. The summed E-state index contributed by atoms with van der Waals surface area (Å²) in [6.45, 7) is 10.7. The Balaban J connectivity index is 0.000000279. The minimum atomic E-state index is -0.523. The van der Waals surface area contributed by atoms with Crippen molar-refractivity contribution in [2.45, 2.75) is 59.1 Å². The molecule has 0 aliphatic carbocycles. The zero-order valence-electron chi connectivity index (χ0n) is 23.7. The van der Waals surface area contributed by atoms with E-state index in [1.807, 2.05) is 52.1 Å². The molecule has 1 saturated heterocycles. The molecule has 8 heteroatoms. The molecular weight excluding hydrogens is 482 g/mol. The number of nitrogens with zero attached hydrogens (tertiary/aromatic N) is 2. The lowest BCUT2D eigenvalue weighted by Gasteiger charge is -2.27. The lowest BCUT2D eigenvalue weighted by atomic mass is 10.0. The van der Waals surface area contributed by atoms with Crippen LogP contribution < -0.4 is 10.1 Å². The van der Waals surface area contributed by atoms with E-state index >= 15 is 0 Å². The largest absolute Gasteiger partial charge is 0.496 e. The van der Waals surface area contributed by atoms with Gasteiger partial charge in [0.25, 0.3) is 0 Å². The Kier molecular flexibility index (Phi) is 9.80. The normalized spacial score (nSPS) is 13.9. The maximum Gasteiger partial charge on any atom is 0.419 e. The number of nitrogens with one attached hydrogen (secondary N) is 1. The van der Waals surface area contributed by atoms with Crippen molar-refractivity contribution in [3.63, 3.8) is 0 Å². The second kappa shape index (κ2) is 12.8. The van der Waals surface area contributed by atoms with E-state index in [1.165, 1.54) is 26.4 Å². The van der Waals surface area contributed by atoms with Crippen LogP contribution in [0.5, 0.6) is 5.75 Å². The van der Waals surface area contributed by atoms with Gasteiger partial charge in [0.2, 0.25) is 0 Å². The van der Waals surface area contributed by atoms with Gasteiger partial charge in [0.05, 0.1) is 25.3 Å². The van der Waals surface area contributed by atoms with Crippen LogP contribution in [-0.2, 0) is 16.0 Å². The van der Waals surface area contributed by atoms with Gasteiger partial charge in [-0.3, -0.25) is 9.47 Å². The number of benzene rings is 2. The van der Waals surface area contributed by atoms with E-state index in [9.17, 15) is 9.59 Å². The van der Waals surface area contributed by atoms with Crippen LogP contribution in [0.4, 0.5) is 10.5 Å². The molecule has 3 aromatic rings. The van der Waals surface area contributed by atoms with Gasteiger partial charge < -0.3 is 19.5 Å². The number of methoxy groups -OCH3 is 2. The van der Waals surface area contributed by atoms with E-state index in [1.54, 1.807) is 36.9 Å². The number of hydrogen-bond donors (Lipinski definition) is 1. The number of ether oxygens (including phenoxy) is 3. The molecule has 2 aromatic carbocycles. The average molecular weight is 524 g/mol. The molecule has 0 spiro atoms. The van der Waals surface area contributed by atoms with Crippen LogP contribution in [-0.4, -0.2) is 61.5 Å². The van der Waals surface area contributed by atoms with Crippen molar-refractivity contribution in [1.29, 1.82) is 0 Å². The Morgan fingerprint density at radius 2 is 1.74 bits per heavy atom. The molecule has 8 nitrogen and oxygen atoms in total. The van der Waals surface area contributed by atoms with Gasteiger partial charge in [0.1, 0.15) is 11.4 Å². The van der Waals surface area contributed by atoms with Gasteiger partial charge in [-0.05, 0) is 89.5 Å². The average Bonchev–Trinajstić information content (AvgIpc) is 3.36. The quantitative estimate of drug-likeness (QED) is 0.396. The summed E-state index contributed by atoms with van der Waals surface area (Å²) in [4.78, 5) is 26.1. The number of rotatable bonds is 5. The Labute approximate surface area is 225 Å². The van der Waals surface area contributed by atoms with E-state index in [0.29, 0.717) is 5.56 Å². The lowest BCUT2D eigenvalue weighted by Crippen LogP contribution is -2.29. The highest BCUT2D eigenvalue weighted by Crippen LogP contribution is 2.34. The second-order valence-corrected chi connectivity index (χ2v) is 10.5. The van der Waals surface area contributed by atoms with Gasteiger partial charge in [0, 0.05) is 36.4 Å². The number of aromatic nitrogens is 1. The van der Waals surface area contributed by atoms with Crippen molar-refractivity contribution in [2.24, 2.45) is 0 Å². The molecule has 4 rings (SSSR count). The minimum Gasteiger partial charge on any atom is -0.496 e. The molecule has 0 atom stereocenters. The summed E-state index contributed by atoms with van der Waals surface area (Å²) in [5, 5.41) is 4.01. The van der Waals surface area contributed by atoms with Crippen LogP contribution in [0, 0.1) is 6.92 Å². The summed E-state index contributed by atoms with van der Waals surface area (Å²) in [5.74, 6) is 0.578. The summed E-state index contributed by atoms with van der Waals surface area (Å²) in [7, 11) is 4.88. The highest BCUT2D eigenvalue weighted by atomic mass is 16.6. The molecule has 2 heterocycles. The van der Waals surface area contributed by atoms with Gasteiger partial charge in [-0.25, -0.2) is 9.59 Å². The molecule has 38 heavy (non-hydrogen) atoms. The van der Waals surface area contributed by atoms with Gasteiger partial charge >= 0.3 is 12.1 Å². The van der Waals surface area contributed by atoms with Crippen molar-refractivity contribution < 1.29 is 23.8 Å². The van der Waals surface area contributed by atoms with Crippen LogP contribution in [0.1, 0.15) is 61.5 Å². The molecule has 1 aliphatic rings. The third-order valence-electron chi connectivity index (χ3n) is 6.44. The van der Waals surface area contributed by atoms with Crippen molar-refractivity contribution in [3.8, 4) is 5.75 Å². The molecule has 1 aromatic heterocycles. The topological polar surface area (TPSA) is 82.0 Å². The molecule has 206 valence electrons.